The summed E-state index contributed by atoms with van der Waals surface area (Å²) in [5.74, 6) is -1.14. The SMILES string of the molecule is CC1(C)CCCN1S(=O)(=O)c1ccc(C(=O)O)cc1N. The maximum atomic E-state index is 12.7. The summed E-state index contributed by atoms with van der Waals surface area (Å²) < 4.78 is 26.7. The van der Waals surface area contributed by atoms with Gasteiger partial charge in [-0.1, -0.05) is 0 Å². The Morgan fingerprint density at radius 1 is 1.40 bits per heavy atom. The Labute approximate surface area is 118 Å². The zero-order valence-electron chi connectivity index (χ0n) is 11.5. The molecule has 1 aromatic rings. The zero-order chi connectivity index (χ0) is 15.1. The van der Waals surface area contributed by atoms with E-state index in [1.165, 1.54) is 22.5 Å². The topological polar surface area (TPSA) is 101 Å². The smallest absolute Gasteiger partial charge is 0.335 e. The number of rotatable bonds is 3. The standard InChI is InChI=1S/C13H18N2O4S/c1-13(2)6-3-7-15(13)20(18,19)11-5-4-9(12(16)17)8-10(11)14/h4-5,8H,3,6-7,14H2,1-2H3,(H,16,17). The van der Waals surface area contributed by atoms with Crippen molar-refractivity contribution in [3.05, 3.63) is 23.8 Å². The molecule has 0 spiro atoms. The minimum absolute atomic E-state index is 0.0258. The van der Waals surface area contributed by atoms with Crippen molar-refractivity contribution in [3.63, 3.8) is 0 Å². The van der Waals surface area contributed by atoms with Crippen LogP contribution in [0.25, 0.3) is 0 Å². The van der Waals surface area contributed by atoms with Crippen LogP contribution < -0.4 is 5.73 Å². The number of nitrogens with zero attached hydrogens (tertiary/aromatic N) is 1. The van der Waals surface area contributed by atoms with E-state index in [0.717, 1.165) is 12.8 Å². The molecule has 1 aliphatic rings. The lowest BCUT2D eigenvalue weighted by Crippen LogP contribution is -2.42. The molecular weight excluding hydrogens is 280 g/mol. The molecule has 0 unspecified atom stereocenters. The van der Waals surface area contributed by atoms with E-state index in [1.807, 2.05) is 13.8 Å². The minimum atomic E-state index is -3.70. The second-order valence-corrected chi connectivity index (χ2v) is 7.38. The highest BCUT2D eigenvalue weighted by Crippen LogP contribution is 2.35. The van der Waals surface area contributed by atoms with E-state index in [0.29, 0.717) is 6.54 Å². The van der Waals surface area contributed by atoms with Crippen LogP contribution in [0.15, 0.2) is 23.1 Å². The van der Waals surface area contributed by atoms with Crippen molar-refractivity contribution in [3.8, 4) is 0 Å². The van der Waals surface area contributed by atoms with Gasteiger partial charge in [-0.3, -0.25) is 0 Å². The molecule has 1 aromatic carbocycles. The van der Waals surface area contributed by atoms with E-state index in [4.69, 9.17) is 10.8 Å². The average molecular weight is 298 g/mol. The van der Waals surface area contributed by atoms with Crippen molar-refractivity contribution in [2.45, 2.75) is 37.1 Å². The molecule has 2 rings (SSSR count). The number of nitrogens with two attached hydrogens (primary N) is 1. The van der Waals surface area contributed by atoms with Crippen LogP contribution in [-0.2, 0) is 10.0 Å². The number of nitrogen functional groups attached to an aromatic ring is 1. The number of carboxylic acids is 1. The van der Waals surface area contributed by atoms with Crippen molar-refractivity contribution in [1.82, 2.24) is 4.31 Å². The molecule has 0 radical (unpaired) electrons. The monoisotopic (exact) mass is 298 g/mol. The van der Waals surface area contributed by atoms with Crippen LogP contribution in [0.2, 0.25) is 0 Å². The molecule has 0 amide bonds. The molecule has 20 heavy (non-hydrogen) atoms. The zero-order valence-corrected chi connectivity index (χ0v) is 12.3. The van der Waals surface area contributed by atoms with E-state index in [9.17, 15) is 13.2 Å². The van der Waals surface area contributed by atoms with Crippen LogP contribution in [0, 0.1) is 0 Å². The second-order valence-electron chi connectivity index (χ2n) is 5.55. The summed E-state index contributed by atoms with van der Waals surface area (Å²) in [5.41, 5.74) is 5.22. The Hall–Kier alpha value is -1.60. The lowest BCUT2D eigenvalue weighted by molar-refractivity contribution is 0.0697. The van der Waals surface area contributed by atoms with E-state index in [1.54, 1.807) is 0 Å². The highest BCUT2D eigenvalue weighted by molar-refractivity contribution is 7.89. The van der Waals surface area contributed by atoms with E-state index in [-0.39, 0.29) is 16.1 Å². The summed E-state index contributed by atoms with van der Waals surface area (Å²) in [6, 6.07) is 3.70. The molecule has 110 valence electrons. The van der Waals surface area contributed by atoms with Crippen molar-refractivity contribution in [1.29, 1.82) is 0 Å². The quantitative estimate of drug-likeness (QED) is 0.824. The Morgan fingerprint density at radius 2 is 2.05 bits per heavy atom. The molecular formula is C13H18N2O4S. The van der Waals surface area contributed by atoms with Crippen molar-refractivity contribution >= 4 is 21.7 Å². The molecule has 6 nitrogen and oxygen atoms in total. The Balaban J connectivity index is 2.48. The van der Waals surface area contributed by atoms with Gasteiger partial charge >= 0.3 is 5.97 Å². The lowest BCUT2D eigenvalue weighted by atomic mass is 10.0. The molecule has 1 heterocycles. The third kappa shape index (κ3) is 2.38. The third-order valence-electron chi connectivity index (χ3n) is 3.65. The number of aromatic carboxylic acids is 1. The first-order valence-electron chi connectivity index (χ1n) is 6.32. The second kappa shape index (κ2) is 4.75. The Morgan fingerprint density at radius 3 is 2.50 bits per heavy atom. The molecule has 1 saturated heterocycles. The molecule has 3 N–H and O–H groups in total. The van der Waals surface area contributed by atoms with Crippen LogP contribution in [0.4, 0.5) is 5.69 Å². The van der Waals surface area contributed by atoms with Gasteiger partial charge in [-0.2, -0.15) is 4.31 Å². The summed E-state index contributed by atoms with van der Waals surface area (Å²) in [6.45, 7) is 4.20. The fourth-order valence-electron chi connectivity index (χ4n) is 2.56. The summed E-state index contributed by atoms with van der Waals surface area (Å²) in [4.78, 5) is 10.8. The maximum Gasteiger partial charge on any atom is 0.335 e. The normalized spacial score (nSPS) is 19.1. The first-order valence-corrected chi connectivity index (χ1v) is 7.76. The van der Waals surface area contributed by atoms with E-state index in [2.05, 4.69) is 0 Å². The van der Waals surface area contributed by atoms with E-state index < -0.39 is 21.5 Å². The van der Waals surface area contributed by atoms with Crippen molar-refractivity contribution in [2.24, 2.45) is 0 Å². The van der Waals surface area contributed by atoms with Crippen LogP contribution in [0.1, 0.15) is 37.0 Å². The molecule has 0 aliphatic carbocycles. The Bertz CT molecular complexity index is 652. The summed E-state index contributed by atoms with van der Waals surface area (Å²) >= 11 is 0. The predicted octanol–water partition coefficient (Wildman–Crippen LogP) is 1.53. The predicted molar refractivity (Wildman–Crippen MR) is 75.0 cm³/mol. The van der Waals surface area contributed by atoms with Gasteiger partial charge in [0.15, 0.2) is 0 Å². The van der Waals surface area contributed by atoms with Gasteiger partial charge in [-0.25, -0.2) is 13.2 Å². The average Bonchev–Trinajstić information content (AvgIpc) is 2.69. The molecule has 0 bridgehead atoms. The van der Waals surface area contributed by atoms with Gasteiger partial charge in [0.25, 0.3) is 0 Å². The fourth-order valence-corrected chi connectivity index (χ4v) is 4.51. The molecule has 0 saturated carbocycles. The fraction of sp³-hybridized carbons (Fsp3) is 0.462. The van der Waals surface area contributed by atoms with Gasteiger partial charge < -0.3 is 10.8 Å². The van der Waals surface area contributed by atoms with Gasteiger partial charge in [-0.05, 0) is 44.9 Å². The van der Waals surface area contributed by atoms with Gasteiger partial charge in [0.05, 0.1) is 11.3 Å². The van der Waals surface area contributed by atoms with Crippen LogP contribution in [-0.4, -0.2) is 35.9 Å². The third-order valence-corrected chi connectivity index (χ3v) is 5.83. The molecule has 0 aromatic heterocycles. The minimum Gasteiger partial charge on any atom is -0.478 e. The Kier molecular flexibility index (Phi) is 3.51. The summed E-state index contributed by atoms with van der Waals surface area (Å²) in [5, 5.41) is 8.88. The lowest BCUT2D eigenvalue weighted by Gasteiger charge is -2.30. The largest absolute Gasteiger partial charge is 0.478 e. The number of hydrogen-bond acceptors (Lipinski definition) is 4. The highest BCUT2D eigenvalue weighted by atomic mass is 32.2. The molecule has 1 aliphatic heterocycles. The number of carbonyl (C=O) groups is 1. The van der Waals surface area contributed by atoms with Crippen LogP contribution >= 0.6 is 0 Å². The summed E-state index contributed by atoms with van der Waals surface area (Å²) in [7, 11) is -3.70. The number of hydrogen-bond donors (Lipinski definition) is 2. The number of benzene rings is 1. The first kappa shape index (κ1) is 14.8. The number of carboxylic acid groups (broad SMARTS) is 1. The first-order chi connectivity index (χ1) is 9.16. The highest BCUT2D eigenvalue weighted by Gasteiger charge is 2.41. The molecule has 0 atom stereocenters. The summed E-state index contributed by atoms with van der Waals surface area (Å²) in [6.07, 6.45) is 1.60. The molecule has 7 heteroatoms. The van der Waals surface area contributed by atoms with Crippen molar-refractivity contribution in [2.75, 3.05) is 12.3 Å². The van der Waals surface area contributed by atoms with E-state index >= 15 is 0 Å². The number of anilines is 1. The number of sulfonamides is 1. The molecule has 1 fully saturated rings. The van der Waals surface area contributed by atoms with Gasteiger partial charge in [0.2, 0.25) is 10.0 Å². The van der Waals surface area contributed by atoms with Crippen LogP contribution in [0.3, 0.4) is 0 Å². The van der Waals surface area contributed by atoms with Crippen LogP contribution in [0.5, 0.6) is 0 Å². The van der Waals surface area contributed by atoms with Gasteiger partial charge in [0.1, 0.15) is 4.90 Å². The van der Waals surface area contributed by atoms with Gasteiger partial charge in [-0.15, -0.1) is 0 Å². The van der Waals surface area contributed by atoms with Crippen molar-refractivity contribution < 1.29 is 18.3 Å². The maximum absolute atomic E-state index is 12.7. The van der Waals surface area contributed by atoms with Gasteiger partial charge in [0, 0.05) is 12.1 Å².